The monoisotopic (exact) mass is 273 g/mol. The van der Waals surface area contributed by atoms with Crippen LogP contribution in [0.4, 0.5) is 17.1 Å². The largest absolute Gasteiger partial charge is 0.467 e. The highest BCUT2D eigenvalue weighted by Gasteiger charge is 2.30. The predicted octanol–water partition coefficient (Wildman–Crippen LogP) is 2.94. The van der Waals surface area contributed by atoms with Gasteiger partial charge in [0, 0.05) is 17.8 Å². The fourth-order valence-electron chi connectivity index (χ4n) is 2.27. The van der Waals surface area contributed by atoms with Gasteiger partial charge in [-0.1, -0.05) is 0 Å². The van der Waals surface area contributed by atoms with E-state index in [1.165, 1.54) is 6.07 Å². The lowest BCUT2D eigenvalue weighted by molar-refractivity contribution is -0.383. The molecule has 0 amide bonds. The molecular weight excluding hydrogens is 258 g/mol. The van der Waals surface area contributed by atoms with E-state index in [1.54, 1.807) is 18.4 Å². The number of nitro groups is 1. The van der Waals surface area contributed by atoms with Crippen LogP contribution in [-0.4, -0.2) is 11.0 Å². The maximum absolute atomic E-state index is 10.8. The summed E-state index contributed by atoms with van der Waals surface area (Å²) in [6.07, 6.45) is 3.89. The Kier molecular flexibility index (Phi) is 3.06. The van der Waals surface area contributed by atoms with E-state index in [2.05, 4.69) is 4.90 Å². The van der Waals surface area contributed by atoms with Crippen LogP contribution in [0, 0.1) is 10.1 Å². The number of nitrogens with zero attached hydrogens (tertiary/aromatic N) is 2. The van der Waals surface area contributed by atoms with Crippen molar-refractivity contribution in [2.24, 2.45) is 0 Å². The van der Waals surface area contributed by atoms with Crippen molar-refractivity contribution in [1.82, 2.24) is 0 Å². The van der Waals surface area contributed by atoms with E-state index in [1.807, 2.05) is 12.1 Å². The smallest absolute Gasteiger partial charge is 0.292 e. The summed E-state index contributed by atoms with van der Waals surface area (Å²) in [5.74, 6) is 0.869. The van der Waals surface area contributed by atoms with Crippen molar-refractivity contribution < 1.29 is 9.34 Å². The summed E-state index contributed by atoms with van der Waals surface area (Å²) in [5, 5.41) is 10.8. The van der Waals surface area contributed by atoms with Gasteiger partial charge in [0.1, 0.15) is 11.4 Å². The standard InChI is InChI=1S/C14H15N3O3/c15-13-8-11(5-6-14(13)17(18)19)16(10-3-4-10)9-12-2-1-7-20-12/h1-2,5-8,10H,3-4,9,15H2. The molecule has 20 heavy (non-hydrogen) atoms. The van der Waals surface area contributed by atoms with E-state index in [4.69, 9.17) is 10.2 Å². The molecular formula is C14H15N3O3. The zero-order chi connectivity index (χ0) is 14.1. The summed E-state index contributed by atoms with van der Waals surface area (Å²) >= 11 is 0. The topological polar surface area (TPSA) is 85.5 Å². The number of rotatable bonds is 5. The molecule has 0 saturated heterocycles. The summed E-state index contributed by atoms with van der Waals surface area (Å²) < 4.78 is 5.37. The number of hydrogen-bond acceptors (Lipinski definition) is 5. The Morgan fingerprint density at radius 1 is 1.40 bits per heavy atom. The van der Waals surface area contributed by atoms with Crippen molar-refractivity contribution in [3.05, 3.63) is 52.5 Å². The number of nitro benzene ring substituents is 1. The van der Waals surface area contributed by atoms with Gasteiger partial charge in [-0.05, 0) is 37.1 Å². The van der Waals surface area contributed by atoms with Gasteiger partial charge < -0.3 is 15.1 Å². The Morgan fingerprint density at radius 3 is 2.75 bits per heavy atom. The number of benzene rings is 1. The lowest BCUT2D eigenvalue weighted by Crippen LogP contribution is -2.24. The van der Waals surface area contributed by atoms with Crippen molar-refractivity contribution in [3.63, 3.8) is 0 Å². The molecule has 0 bridgehead atoms. The molecule has 1 heterocycles. The molecule has 0 spiro atoms. The van der Waals surface area contributed by atoms with E-state index in [9.17, 15) is 10.1 Å². The second-order valence-corrected chi connectivity index (χ2v) is 4.94. The molecule has 1 aromatic carbocycles. The van der Waals surface area contributed by atoms with Crippen LogP contribution in [0.2, 0.25) is 0 Å². The van der Waals surface area contributed by atoms with E-state index < -0.39 is 4.92 Å². The van der Waals surface area contributed by atoms with Crippen molar-refractivity contribution in [2.45, 2.75) is 25.4 Å². The summed E-state index contributed by atoms with van der Waals surface area (Å²) in [6.45, 7) is 0.648. The van der Waals surface area contributed by atoms with Crippen LogP contribution in [0.25, 0.3) is 0 Å². The first-order valence-corrected chi connectivity index (χ1v) is 6.48. The Balaban J connectivity index is 1.88. The predicted molar refractivity (Wildman–Crippen MR) is 75.4 cm³/mol. The van der Waals surface area contributed by atoms with Gasteiger partial charge in [0.25, 0.3) is 5.69 Å². The number of hydrogen-bond donors (Lipinski definition) is 1. The zero-order valence-corrected chi connectivity index (χ0v) is 10.9. The van der Waals surface area contributed by atoms with Gasteiger partial charge in [0.15, 0.2) is 0 Å². The quantitative estimate of drug-likeness (QED) is 0.514. The molecule has 0 unspecified atom stereocenters. The van der Waals surface area contributed by atoms with Crippen LogP contribution in [0.5, 0.6) is 0 Å². The Morgan fingerprint density at radius 2 is 2.20 bits per heavy atom. The normalized spacial score (nSPS) is 14.2. The molecule has 1 fully saturated rings. The molecule has 0 atom stereocenters. The van der Waals surface area contributed by atoms with E-state index >= 15 is 0 Å². The first kappa shape index (κ1) is 12.5. The zero-order valence-electron chi connectivity index (χ0n) is 10.9. The Labute approximate surface area is 115 Å². The van der Waals surface area contributed by atoms with Gasteiger partial charge in [0.2, 0.25) is 0 Å². The average molecular weight is 273 g/mol. The lowest BCUT2D eigenvalue weighted by atomic mass is 10.2. The Bertz CT molecular complexity index is 621. The average Bonchev–Trinajstić information content (AvgIpc) is 3.12. The summed E-state index contributed by atoms with van der Waals surface area (Å²) in [5.41, 5.74) is 6.80. The van der Waals surface area contributed by atoms with Gasteiger partial charge in [-0.25, -0.2) is 0 Å². The number of furan rings is 1. The molecule has 2 aromatic rings. The molecule has 3 rings (SSSR count). The fourth-order valence-corrected chi connectivity index (χ4v) is 2.27. The molecule has 1 aromatic heterocycles. The number of anilines is 2. The van der Waals surface area contributed by atoms with Gasteiger partial charge in [0.05, 0.1) is 17.7 Å². The van der Waals surface area contributed by atoms with Crippen LogP contribution in [0.3, 0.4) is 0 Å². The third-order valence-electron chi connectivity index (χ3n) is 3.43. The minimum Gasteiger partial charge on any atom is -0.467 e. The minimum atomic E-state index is -0.465. The maximum Gasteiger partial charge on any atom is 0.292 e. The lowest BCUT2D eigenvalue weighted by Gasteiger charge is -2.23. The first-order valence-electron chi connectivity index (χ1n) is 6.48. The van der Waals surface area contributed by atoms with Crippen molar-refractivity contribution >= 4 is 17.1 Å². The second-order valence-electron chi connectivity index (χ2n) is 4.94. The highest BCUT2D eigenvalue weighted by atomic mass is 16.6. The molecule has 2 N–H and O–H groups in total. The molecule has 6 nitrogen and oxygen atoms in total. The Hall–Kier alpha value is -2.50. The van der Waals surface area contributed by atoms with Crippen LogP contribution < -0.4 is 10.6 Å². The highest BCUT2D eigenvalue weighted by molar-refractivity contribution is 5.67. The molecule has 1 aliphatic carbocycles. The van der Waals surface area contributed by atoms with Crippen LogP contribution in [-0.2, 0) is 6.54 Å². The molecule has 1 saturated carbocycles. The molecule has 6 heteroatoms. The SMILES string of the molecule is Nc1cc(N(Cc2ccco2)C2CC2)ccc1[N+](=O)[O-]. The third-order valence-corrected chi connectivity index (χ3v) is 3.43. The fraction of sp³-hybridized carbons (Fsp3) is 0.286. The van der Waals surface area contributed by atoms with E-state index in [0.29, 0.717) is 12.6 Å². The summed E-state index contributed by atoms with van der Waals surface area (Å²) in [6, 6.07) is 9.10. The maximum atomic E-state index is 10.8. The van der Waals surface area contributed by atoms with Crippen molar-refractivity contribution in [2.75, 3.05) is 10.6 Å². The van der Waals surface area contributed by atoms with E-state index in [-0.39, 0.29) is 11.4 Å². The first-order chi connectivity index (χ1) is 9.65. The van der Waals surface area contributed by atoms with Crippen LogP contribution in [0.15, 0.2) is 41.0 Å². The number of nitrogen functional groups attached to an aromatic ring is 1. The molecule has 0 aliphatic heterocycles. The van der Waals surface area contributed by atoms with Gasteiger partial charge in [-0.15, -0.1) is 0 Å². The molecule has 1 aliphatic rings. The van der Waals surface area contributed by atoms with Gasteiger partial charge in [-0.2, -0.15) is 0 Å². The van der Waals surface area contributed by atoms with E-state index in [0.717, 1.165) is 24.3 Å². The van der Waals surface area contributed by atoms with Crippen LogP contribution >= 0.6 is 0 Å². The van der Waals surface area contributed by atoms with Crippen molar-refractivity contribution in [3.8, 4) is 0 Å². The van der Waals surface area contributed by atoms with Crippen molar-refractivity contribution in [1.29, 1.82) is 0 Å². The summed E-state index contributed by atoms with van der Waals surface area (Å²) in [7, 11) is 0. The van der Waals surface area contributed by atoms with Gasteiger partial charge >= 0.3 is 0 Å². The summed E-state index contributed by atoms with van der Waals surface area (Å²) in [4.78, 5) is 12.5. The van der Waals surface area contributed by atoms with Gasteiger partial charge in [-0.3, -0.25) is 10.1 Å². The van der Waals surface area contributed by atoms with Crippen LogP contribution in [0.1, 0.15) is 18.6 Å². The third kappa shape index (κ3) is 2.45. The highest BCUT2D eigenvalue weighted by Crippen LogP contribution is 2.35. The minimum absolute atomic E-state index is 0.0532. The molecule has 104 valence electrons. The molecule has 0 radical (unpaired) electrons. The second kappa shape index (κ2) is 4.88. The number of nitrogens with two attached hydrogens (primary N) is 1.